The zero-order valence-electron chi connectivity index (χ0n) is 12.7. The van der Waals surface area contributed by atoms with Crippen LogP contribution in [0.1, 0.15) is 32.1 Å². The van der Waals surface area contributed by atoms with E-state index in [4.69, 9.17) is 0 Å². The maximum Gasteiger partial charge on any atom is 0.281 e. The molecule has 3 heterocycles. The molecule has 1 atom stereocenters. The highest BCUT2D eigenvalue weighted by molar-refractivity contribution is 5.66. The van der Waals surface area contributed by atoms with Crippen LogP contribution in [0.15, 0.2) is 23.5 Å². The summed E-state index contributed by atoms with van der Waals surface area (Å²) in [5.41, 5.74) is 0.732. The molecule has 1 aliphatic heterocycles. The van der Waals surface area contributed by atoms with Gasteiger partial charge < -0.3 is 4.90 Å². The minimum Gasteiger partial charge on any atom is -0.300 e. The van der Waals surface area contributed by atoms with Gasteiger partial charge in [0.05, 0.1) is 0 Å². The smallest absolute Gasteiger partial charge is 0.281 e. The topological polar surface area (TPSA) is 63.9 Å². The van der Waals surface area contributed by atoms with Crippen LogP contribution in [0.4, 0.5) is 0 Å². The highest BCUT2D eigenvalue weighted by Crippen LogP contribution is 2.28. The van der Waals surface area contributed by atoms with Crippen LogP contribution in [0.25, 0.3) is 11.2 Å². The van der Waals surface area contributed by atoms with Crippen LogP contribution >= 0.6 is 0 Å². The highest BCUT2D eigenvalue weighted by atomic mass is 16.1. The molecule has 0 unspecified atom stereocenters. The molecule has 0 bridgehead atoms. The lowest BCUT2D eigenvalue weighted by molar-refractivity contribution is 0.233. The Bertz CT molecular complexity index is 722. The number of rotatable bonds is 3. The van der Waals surface area contributed by atoms with Gasteiger partial charge in [-0.15, -0.1) is 0 Å². The summed E-state index contributed by atoms with van der Waals surface area (Å²) in [6, 6.07) is 0.780. The first-order valence-corrected chi connectivity index (χ1v) is 8.21. The van der Waals surface area contributed by atoms with Gasteiger partial charge >= 0.3 is 0 Å². The Balaban J connectivity index is 1.50. The fourth-order valence-electron chi connectivity index (χ4n) is 3.91. The lowest BCUT2D eigenvalue weighted by atomic mass is 10.1. The van der Waals surface area contributed by atoms with Gasteiger partial charge in [0, 0.05) is 31.5 Å². The van der Waals surface area contributed by atoms with Crippen molar-refractivity contribution >= 4 is 11.2 Å². The van der Waals surface area contributed by atoms with Crippen molar-refractivity contribution in [3.05, 3.63) is 29.1 Å². The molecule has 6 heteroatoms. The van der Waals surface area contributed by atoms with E-state index in [1.54, 1.807) is 23.3 Å². The van der Waals surface area contributed by atoms with E-state index in [0.717, 1.165) is 19.1 Å². The zero-order chi connectivity index (χ0) is 14.9. The van der Waals surface area contributed by atoms with Crippen LogP contribution < -0.4 is 5.56 Å². The van der Waals surface area contributed by atoms with Crippen molar-refractivity contribution in [3.8, 4) is 0 Å². The summed E-state index contributed by atoms with van der Waals surface area (Å²) in [5, 5.41) is 0. The van der Waals surface area contributed by atoms with Crippen molar-refractivity contribution in [2.24, 2.45) is 5.92 Å². The molecule has 2 aliphatic rings. The Labute approximate surface area is 129 Å². The average Bonchev–Trinajstić information content (AvgIpc) is 3.21. The Hall–Kier alpha value is -1.82. The minimum atomic E-state index is -0.0718. The maximum atomic E-state index is 12.5. The summed E-state index contributed by atoms with van der Waals surface area (Å²) in [6.07, 6.45) is 11.3. The third-order valence-corrected chi connectivity index (χ3v) is 5.08. The molecule has 116 valence electrons. The van der Waals surface area contributed by atoms with E-state index in [0.29, 0.717) is 17.1 Å². The normalized spacial score (nSPS) is 23.5. The average molecular weight is 299 g/mol. The number of fused-ring (bicyclic) bond motifs is 1. The molecule has 0 N–H and O–H groups in total. The molecular weight excluding hydrogens is 278 g/mol. The van der Waals surface area contributed by atoms with Crippen LogP contribution in [0.3, 0.4) is 0 Å². The van der Waals surface area contributed by atoms with Crippen molar-refractivity contribution in [1.82, 2.24) is 24.4 Å². The molecule has 0 radical (unpaired) electrons. The number of hydrogen-bond donors (Lipinski definition) is 0. The molecule has 22 heavy (non-hydrogen) atoms. The van der Waals surface area contributed by atoms with Gasteiger partial charge in [0.15, 0.2) is 11.2 Å². The maximum absolute atomic E-state index is 12.5. The van der Waals surface area contributed by atoms with Gasteiger partial charge in [-0.05, 0) is 31.7 Å². The third kappa shape index (κ3) is 2.52. The lowest BCUT2D eigenvalue weighted by Gasteiger charge is -2.23. The summed E-state index contributed by atoms with van der Waals surface area (Å²) in [4.78, 5) is 27.5. The Morgan fingerprint density at radius 3 is 2.77 bits per heavy atom. The van der Waals surface area contributed by atoms with Crippen molar-refractivity contribution in [2.45, 2.75) is 44.7 Å². The largest absolute Gasteiger partial charge is 0.300 e. The lowest BCUT2D eigenvalue weighted by Crippen LogP contribution is -2.32. The standard InChI is InChI=1S/C16H21N5O/c22-16-14-15(18-7-6-17-14)19-11-21(16)10-12-5-8-20(9-12)13-3-1-2-4-13/h6-7,11-13H,1-5,8-10H2/t12-/m1/s1. The molecule has 1 aliphatic carbocycles. The second kappa shape index (κ2) is 5.76. The Morgan fingerprint density at radius 1 is 1.09 bits per heavy atom. The summed E-state index contributed by atoms with van der Waals surface area (Å²) in [6.45, 7) is 3.02. The van der Waals surface area contributed by atoms with Gasteiger partial charge in [-0.3, -0.25) is 9.36 Å². The van der Waals surface area contributed by atoms with Crippen LogP contribution in [0, 0.1) is 5.92 Å². The number of likely N-dealkylation sites (tertiary alicyclic amines) is 1. The van der Waals surface area contributed by atoms with Crippen molar-refractivity contribution in [3.63, 3.8) is 0 Å². The molecule has 1 saturated carbocycles. The monoisotopic (exact) mass is 299 g/mol. The molecule has 0 spiro atoms. The van der Waals surface area contributed by atoms with Gasteiger partial charge in [0.1, 0.15) is 6.33 Å². The first-order chi connectivity index (χ1) is 10.8. The minimum absolute atomic E-state index is 0.0718. The number of nitrogens with zero attached hydrogens (tertiary/aromatic N) is 5. The molecule has 0 amide bonds. The highest BCUT2D eigenvalue weighted by Gasteiger charge is 2.30. The molecule has 1 saturated heterocycles. The summed E-state index contributed by atoms with van der Waals surface area (Å²) < 4.78 is 1.71. The Kier molecular flexibility index (Phi) is 3.62. The first kappa shape index (κ1) is 13.8. The molecule has 2 fully saturated rings. The van der Waals surface area contributed by atoms with Crippen LogP contribution in [-0.2, 0) is 6.54 Å². The summed E-state index contributed by atoms with van der Waals surface area (Å²) in [5.74, 6) is 0.536. The van der Waals surface area contributed by atoms with Gasteiger partial charge in [-0.25, -0.2) is 15.0 Å². The summed E-state index contributed by atoms with van der Waals surface area (Å²) >= 11 is 0. The second-order valence-electron chi connectivity index (χ2n) is 6.52. The molecule has 4 rings (SSSR count). The molecule has 2 aromatic heterocycles. The van der Waals surface area contributed by atoms with E-state index in [2.05, 4.69) is 19.9 Å². The van der Waals surface area contributed by atoms with Crippen molar-refractivity contribution in [1.29, 1.82) is 0 Å². The van der Waals surface area contributed by atoms with Crippen LogP contribution in [0.2, 0.25) is 0 Å². The first-order valence-electron chi connectivity index (χ1n) is 8.21. The van der Waals surface area contributed by atoms with Crippen LogP contribution in [-0.4, -0.2) is 43.6 Å². The van der Waals surface area contributed by atoms with E-state index < -0.39 is 0 Å². The van der Waals surface area contributed by atoms with Gasteiger partial charge in [0.2, 0.25) is 0 Å². The SMILES string of the molecule is O=c1c2nccnc2ncn1C[C@@H]1CCN(C2CCCC2)C1. The van der Waals surface area contributed by atoms with Crippen molar-refractivity contribution < 1.29 is 0 Å². The molecule has 6 nitrogen and oxygen atoms in total. The van der Waals surface area contributed by atoms with Crippen LogP contribution in [0.5, 0.6) is 0 Å². The van der Waals surface area contributed by atoms with Gasteiger partial charge in [-0.2, -0.15) is 0 Å². The second-order valence-corrected chi connectivity index (χ2v) is 6.52. The van der Waals surface area contributed by atoms with E-state index in [9.17, 15) is 4.79 Å². The van der Waals surface area contributed by atoms with Gasteiger partial charge in [-0.1, -0.05) is 12.8 Å². The van der Waals surface area contributed by atoms with E-state index >= 15 is 0 Å². The van der Waals surface area contributed by atoms with Crippen molar-refractivity contribution in [2.75, 3.05) is 13.1 Å². The fourth-order valence-corrected chi connectivity index (χ4v) is 3.91. The fraction of sp³-hybridized carbons (Fsp3) is 0.625. The quantitative estimate of drug-likeness (QED) is 0.858. The summed E-state index contributed by atoms with van der Waals surface area (Å²) in [7, 11) is 0. The zero-order valence-corrected chi connectivity index (χ0v) is 12.7. The Morgan fingerprint density at radius 2 is 1.91 bits per heavy atom. The molecule has 2 aromatic rings. The number of hydrogen-bond acceptors (Lipinski definition) is 5. The molecule has 0 aromatic carbocycles. The predicted molar refractivity (Wildman–Crippen MR) is 83.5 cm³/mol. The van der Waals surface area contributed by atoms with E-state index in [1.807, 2.05) is 0 Å². The molecular formula is C16H21N5O. The predicted octanol–water partition coefficient (Wildman–Crippen LogP) is 1.45. The number of aromatic nitrogens is 4. The van der Waals surface area contributed by atoms with E-state index in [1.165, 1.54) is 38.6 Å². The third-order valence-electron chi connectivity index (χ3n) is 5.08. The van der Waals surface area contributed by atoms with Gasteiger partial charge in [0.25, 0.3) is 5.56 Å². The van der Waals surface area contributed by atoms with E-state index in [-0.39, 0.29) is 5.56 Å².